The van der Waals surface area contributed by atoms with E-state index in [0.717, 1.165) is 24.2 Å². The van der Waals surface area contributed by atoms with E-state index in [1.165, 1.54) is 5.56 Å². The largest absolute Gasteiger partial charge is 0.493 e. The number of carbonyl (C=O) groups excluding carboxylic acids is 1. The van der Waals surface area contributed by atoms with E-state index in [0.29, 0.717) is 30.5 Å². The van der Waals surface area contributed by atoms with E-state index in [4.69, 9.17) is 9.47 Å². The van der Waals surface area contributed by atoms with Crippen molar-refractivity contribution >= 4 is 17.6 Å². The average molecular weight is 396 g/mol. The van der Waals surface area contributed by atoms with Crippen LogP contribution in [0.3, 0.4) is 0 Å². The standard InChI is InChI=1S/C22H28N4O3/c1-4-23-22(24-14-16-9-10-19(28-2)20(13-16)29-3)25-15-21(27)26-12-11-17-7-5-6-8-18(17)26/h5-10,13H,4,11-12,14-15H2,1-3H3,(H2,23,24,25). The van der Waals surface area contributed by atoms with Crippen molar-refractivity contribution < 1.29 is 14.3 Å². The van der Waals surface area contributed by atoms with Gasteiger partial charge in [0.25, 0.3) is 0 Å². The van der Waals surface area contributed by atoms with Crippen LogP contribution >= 0.6 is 0 Å². The molecule has 0 aliphatic carbocycles. The van der Waals surface area contributed by atoms with Crippen LogP contribution in [0.2, 0.25) is 0 Å². The normalized spacial score (nSPS) is 13.1. The monoisotopic (exact) mass is 396 g/mol. The zero-order chi connectivity index (χ0) is 20.6. The first-order valence-corrected chi connectivity index (χ1v) is 9.77. The Bertz CT molecular complexity index is 882. The molecule has 3 rings (SSSR count). The summed E-state index contributed by atoms with van der Waals surface area (Å²) in [6.45, 7) is 4.06. The maximum atomic E-state index is 12.7. The molecule has 1 aliphatic rings. The van der Waals surface area contributed by atoms with Gasteiger partial charge in [-0.05, 0) is 42.7 Å². The second-order valence-corrected chi connectivity index (χ2v) is 6.66. The summed E-state index contributed by atoms with van der Waals surface area (Å²) < 4.78 is 10.6. The number of rotatable bonds is 7. The number of fused-ring (bicyclic) bond motifs is 1. The molecule has 0 saturated carbocycles. The molecule has 7 heteroatoms. The predicted octanol–water partition coefficient (Wildman–Crippen LogP) is 2.35. The van der Waals surface area contributed by atoms with Gasteiger partial charge in [0.15, 0.2) is 17.5 Å². The summed E-state index contributed by atoms with van der Waals surface area (Å²) in [6, 6.07) is 13.8. The first kappa shape index (κ1) is 20.5. The lowest BCUT2D eigenvalue weighted by Crippen LogP contribution is -2.44. The SMILES string of the molecule is CCNC(=NCc1ccc(OC)c(OC)c1)NCC(=O)N1CCc2ccccc21. The van der Waals surface area contributed by atoms with Crippen LogP contribution in [-0.2, 0) is 17.8 Å². The van der Waals surface area contributed by atoms with Gasteiger partial charge in [-0.3, -0.25) is 4.79 Å². The second-order valence-electron chi connectivity index (χ2n) is 6.66. The molecule has 0 fully saturated rings. The first-order chi connectivity index (χ1) is 14.2. The lowest BCUT2D eigenvalue weighted by molar-refractivity contribution is -0.117. The smallest absolute Gasteiger partial charge is 0.246 e. The van der Waals surface area contributed by atoms with Gasteiger partial charge in [-0.2, -0.15) is 0 Å². The topological polar surface area (TPSA) is 75.2 Å². The van der Waals surface area contributed by atoms with E-state index in [2.05, 4.69) is 21.7 Å². The van der Waals surface area contributed by atoms with Crippen molar-refractivity contribution in [2.45, 2.75) is 19.9 Å². The molecular formula is C22H28N4O3. The van der Waals surface area contributed by atoms with Gasteiger partial charge >= 0.3 is 0 Å². The fourth-order valence-corrected chi connectivity index (χ4v) is 3.34. The van der Waals surface area contributed by atoms with Gasteiger partial charge in [-0.25, -0.2) is 4.99 Å². The van der Waals surface area contributed by atoms with Crippen molar-refractivity contribution in [3.05, 3.63) is 53.6 Å². The number of methoxy groups -OCH3 is 2. The van der Waals surface area contributed by atoms with E-state index < -0.39 is 0 Å². The fourth-order valence-electron chi connectivity index (χ4n) is 3.34. The molecule has 1 aliphatic heterocycles. The van der Waals surface area contributed by atoms with Gasteiger partial charge < -0.3 is 25.0 Å². The first-order valence-electron chi connectivity index (χ1n) is 9.77. The van der Waals surface area contributed by atoms with Crippen LogP contribution in [0.4, 0.5) is 5.69 Å². The molecule has 0 saturated heterocycles. The van der Waals surface area contributed by atoms with Gasteiger partial charge in [-0.15, -0.1) is 0 Å². The van der Waals surface area contributed by atoms with E-state index in [-0.39, 0.29) is 12.5 Å². The number of nitrogens with zero attached hydrogens (tertiary/aromatic N) is 2. The molecule has 2 aromatic rings. The lowest BCUT2D eigenvalue weighted by Gasteiger charge is -2.18. The number of nitrogens with one attached hydrogen (secondary N) is 2. The number of carbonyl (C=O) groups is 1. The summed E-state index contributed by atoms with van der Waals surface area (Å²) in [5.74, 6) is 1.98. The molecule has 2 N–H and O–H groups in total. The number of benzene rings is 2. The summed E-state index contributed by atoms with van der Waals surface area (Å²) >= 11 is 0. The van der Waals surface area contributed by atoms with Crippen LogP contribution in [0.15, 0.2) is 47.5 Å². The Morgan fingerprint density at radius 2 is 1.90 bits per heavy atom. The summed E-state index contributed by atoms with van der Waals surface area (Å²) in [7, 11) is 3.22. The van der Waals surface area contributed by atoms with Gasteiger partial charge in [-0.1, -0.05) is 24.3 Å². The third-order valence-electron chi connectivity index (χ3n) is 4.81. The quantitative estimate of drug-likeness (QED) is 0.555. The number of hydrogen-bond donors (Lipinski definition) is 2. The molecule has 0 aromatic heterocycles. The molecule has 0 bridgehead atoms. The van der Waals surface area contributed by atoms with E-state index >= 15 is 0 Å². The Labute approximate surface area is 171 Å². The second kappa shape index (κ2) is 9.82. The highest BCUT2D eigenvalue weighted by Gasteiger charge is 2.23. The van der Waals surface area contributed by atoms with Gasteiger partial charge in [0.2, 0.25) is 5.91 Å². The van der Waals surface area contributed by atoms with Crippen LogP contribution in [-0.4, -0.2) is 45.7 Å². The minimum atomic E-state index is 0.0340. The van der Waals surface area contributed by atoms with Crippen LogP contribution in [0.1, 0.15) is 18.1 Å². The van der Waals surface area contributed by atoms with Crippen molar-refractivity contribution in [3.8, 4) is 11.5 Å². The Balaban J connectivity index is 1.62. The number of amides is 1. The Kier molecular flexibility index (Phi) is 6.94. The van der Waals surface area contributed by atoms with Crippen molar-refractivity contribution in [1.29, 1.82) is 0 Å². The Morgan fingerprint density at radius 1 is 1.10 bits per heavy atom. The molecule has 0 radical (unpaired) electrons. The van der Waals surface area contributed by atoms with Crippen LogP contribution in [0, 0.1) is 0 Å². The third-order valence-corrected chi connectivity index (χ3v) is 4.81. The maximum Gasteiger partial charge on any atom is 0.246 e. The lowest BCUT2D eigenvalue weighted by atomic mass is 10.2. The molecule has 1 amide bonds. The van der Waals surface area contributed by atoms with Gasteiger partial charge in [0.05, 0.1) is 27.3 Å². The molecular weight excluding hydrogens is 368 g/mol. The summed E-state index contributed by atoms with van der Waals surface area (Å²) in [6.07, 6.45) is 0.898. The molecule has 7 nitrogen and oxygen atoms in total. The molecule has 1 heterocycles. The van der Waals surface area contributed by atoms with E-state index in [1.54, 1.807) is 14.2 Å². The van der Waals surface area contributed by atoms with Crippen LogP contribution < -0.4 is 25.0 Å². The molecule has 154 valence electrons. The third kappa shape index (κ3) is 4.99. The molecule has 0 atom stereocenters. The average Bonchev–Trinajstić information content (AvgIpc) is 3.19. The molecule has 2 aromatic carbocycles. The van der Waals surface area contributed by atoms with E-state index in [1.807, 2.05) is 48.2 Å². The number of anilines is 1. The molecule has 0 spiro atoms. The zero-order valence-electron chi connectivity index (χ0n) is 17.2. The van der Waals surface area contributed by atoms with Gasteiger partial charge in [0.1, 0.15) is 0 Å². The maximum absolute atomic E-state index is 12.7. The minimum absolute atomic E-state index is 0.0340. The van der Waals surface area contributed by atoms with Crippen molar-refractivity contribution in [3.63, 3.8) is 0 Å². The number of aliphatic imine (C=N–C) groups is 1. The van der Waals surface area contributed by atoms with Crippen LogP contribution in [0.25, 0.3) is 0 Å². The summed E-state index contributed by atoms with van der Waals surface area (Å²) in [5, 5.41) is 6.32. The number of para-hydroxylation sites is 1. The number of ether oxygens (including phenoxy) is 2. The highest BCUT2D eigenvalue weighted by atomic mass is 16.5. The summed E-state index contributed by atoms with van der Waals surface area (Å²) in [5.41, 5.74) is 3.21. The fraction of sp³-hybridized carbons (Fsp3) is 0.364. The van der Waals surface area contributed by atoms with Crippen LogP contribution in [0.5, 0.6) is 11.5 Å². The predicted molar refractivity (Wildman–Crippen MR) is 115 cm³/mol. The summed E-state index contributed by atoms with van der Waals surface area (Å²) in [4.78, 5) is 19.1. The van der Waals surface area contributed by atoms with Crippen molar-refractivity contribution in [2.75, 3.05) is 38.8 Å². The number of guanidine groups is 1. The van der Waals surface area contributed by atoms with E-state index in [9.17, 15) is 4.79 Å². The molecule has 29 heavy (non-hydrogen) atoms. The minimum Gasteiger partial charge on any atom is -0.493 e. The highest BCUT2D eigenvalue weighted by Crippen LogP contribution is 2.28. The Morgan fingerprint density at radius 3 is 2.66 bits per heavy atom. The van der Waals surface area contributed by atoms with Crippen molar-refractivity contribution in [2.24, 2.45) is 4.99 Å². The number of hydrogen-bond acceptors (Lipinski definition) is 4. The zero-order valence-corrected chi connectivity index (χ0v) is 17.2. The Hall–Kier alpha value is -3.22. The van der Waals surface area contributed by atoms with Gasteiger partial charge in [0, 0.05) is 18.8 Å². The molecule has 0 unspecified atom stereocenters. The highest BCUT2D eigenvalue weighted by molar-refractivity contribution is 5.98. The van der Waals surface area contributed by atoms with Crippen molar-refractivity contribution in [1.82, 2.24) is 10.6 Å².